The van der Waals surface area contributed by atoms with E-state index >= 15 is 0 Å². The zero-order chi connectivity index (χ0) is 14.2. The summed E-state index contributed by atoms with van der Waals surface area (Å²) in [5, 5.41) is 8.84. The summed E-state index contributed by atoms with van der Waals surface area (Å²) in [4.78, 5) is 2.46. The van der Waals surface area contributed by atoms with Crippen molar-refractivity contribution < 1.29 is 0 Å². The first-order chi connectivity index (χ1) is 10.3. The van der Waals surface area contributed by atoms with Crippen LogP contribution < -0.4 is 10.2 Å². The molecule has 1 aliphatic carbocycles. The molecule has 0 radical (unpaired) electrons. The van der Waals surface area contributed by atoms with Crippen molar-refractivity contribution in [3.8, 4) is 5.69 Å². The summed E-state index contributed by atoms with van der Waals surface area (Å²) in [6.07, 6.45) is 4.59. The second-order valence-corrected chi connectivity index (χ2v) is 6.25. The van der Waals surface area contributed by atoms with E-state index in [2.05, 4.69) is 20.0 Å². The van der Waals surface area contributed by atoms with Crippen molar-refractivity contribution in [3.63, 3.8) is 0 Å². The molecule has 0 unspecified atom stereocenters. The standard InChI is InChI=1S/C16H19ClN4/c17-13-3-5-14(6-4-13)21-16(12-1-2-12)15(11-19-21)20-9-7-18-8-10-20/h3-6,11-12,18H,1-2,7-10H2. The number of benzene rings is 1. The van der Waals surface area contributed by atoms with E-state index < -0.39 is 0 Å². The van der Waals surface area contributed by atoms with E-state index in [4.69, 9.17) is 11.6 Å². The van der Waals surface area contributed by atoms with Crippen LogP contribution in [0.25, 0.3) is 5.69 Å². The van der Waals surface area contributed by atoms with E-state index in [0.29, 0.717) is 5.92 Å². The van der Waals surface area contributed by atoms with Gasteiger partial charge in [0, 0.05) is 37.1 Å². The Morgan fingerprint density at radius 2 is 1.81 bits per heavy atom. The van der Waals surface area contributed by atoms with E-state index in [1.165, 1.54) is 24.2 Å². The highest BCUT2D eigenvalue weighted by Gasteiger charge is 2.32. The number of rotatable bonds is 3. The maximum Gasteiger partial charge on any atom is 0.0793 e. The van der Waals surface area contributed by atoms with Gasteiger partial charge in [-0.25, -0.2) is 4.68 Å². The van der Waals surface area contributed by atoms with Crippen LogP contribution in [0.15, 0.2) is 30.5 Å². The minimum Gasteiger partial charge on any atom is -0.366 e. The maximum absolute atomic E-state index is 6.00. The third-order valence-corrected chi connectivity index (χ3v) is 4.53. The van der Waals surface area contributed by atoms with Crippen LogP contribution in [0.2, 0.25) is 5.02 Å². The lowest BCUT2D eigenvalue weighted by atomic mass is 10.2. The molecule has 4 nitrogen and oxygen atoms in total. The van der Waals surface area contributed by atoms with E-state index in [1.807, 2.05) is 30.5 Å². The zero-order valence-corrected chi connectivity index (χ0v) is 12.7. The van der Waals surface area contributed by atoms with Crippen LogP contribution in [-0.4, -0.2) is 36.0 Å². The van der Waals surface area contributed by atoms with Gasteiger partial charge in [-0.2, -0.15) is 5.10 Å². The van der Waals surface area contributed by atoms with Gasteiger partial charge in [0.05, 0.1) is 23.3 Å². The molecule has 110 valence electrons. The molecule has 5 heteroatoms. The van der Waals surface area contributed by atoms with Crippen molar-refractivity contribution in [1.29, 1.82) is 0 Å². The molecule has 1 saturated heterocycles. The van der Waals surface area contributed by atoms with Crippen molar-refractivity contribution >= 4 is 17.3 Å². The lowest BCUT2D eigenvalue weighted by Gasteiger charge is -2.29. The number of nitrogens with zero attached hydrogens (tertiary/aromatic N) is 3. The predicted octanol–water partition coefficient (Wildman–Crippen LogP) is 2.81. The maximum atomic E-state index is 6.00. The van der Waals surface area contributed by atoms with Crippen molar-refractivity contribution in [2.75, 3.05) is 31.1 Å². The molecule has 1 aliphatic heterocycles. The molecule has 1 aromatic heterocycles. The van der Waals surface area contributed by atoms with Crippen LogP contribution in [0.1, 0.15) is 24.5 Å². The van der Waals surface area contributed by atoms with Gasteiger partial charge in [0.15, 0.2) is 0 Å². The highest BCUT2D eigenvalue weighted by Crippen LogP contribution is 2.45. The molecule has 2 aromatic rings. The average Bonchev–Trinajstić information content (AvgIpc) is 3.28. The molecular formula is C16H19ClN4. The Morgan fingerprint density at radius 1 is 1.10 bits per heavy atom. The Balaban J connectivity index is 1.74. The monoisotopic (exact) mass is 302 g/mol. The molecule has 0 bridgehead atoms. The Bertz CT molecular complexity index is 624. The number of piperazine rings is 1. The number of nitrogens with one attached hydrogen (secondary N) is 1. The van der Waals surface area contributed by atoms with Gasteiger partial charge in [-0.05, 0) is 37.1 Å². The molecule has 2 heterocycles. The Hall–Kier alpha value is -1.52. The van der Waals surface area contributed by atoms with Crippen LogP contribution in [0.5, 0.6) is 0 Å². The van der Waals surface area contributed by atoms with Crippen molar-refractivity contribution in [2.24, 2.45) is 0 Å². The number of hydrogen-bond acceptors (Lipinski definition) is 3. The van der Waals surface area contributed by atoms with Crippen molar-refractivity contribution in [3.05, 3.63) is 41.2 Å². The minimum atomic E-state index is 0.660. The normalized spacial score (nSPS) is 19.0. The first-order valence-corrected chi connectivity index (χ1v) is 8.00. The quantitative estimate of drug-likeness (QED) is 0.946. The molecule has 2 fully saturated rings. The van der Waals surface area contributed by atoms with Crippen LogP contribution in [0.3, 0.4) is 0 Å². The van der Waals surface area contributed by atoms with Crippen LogP contribution >= 0.6 is 11.6 Å². The van der Waals surface area contributed by atoms with Gasteiger partial charge in [0.1, 0.15) is 0 Å². The number of hydrogen-bond donors (Lipinski definition) is 1. The van der Waals surface area contributed by atoms with Gasteiger partial charge in [-0.1, -0.05) is 11.6 Å². The van der Waals surface area contributed by atoms with Gasteiger partial charge in [0.2, 0.25) is 0 Å². The molecule has 0 amide bonds. The molecule has 1 N–H and O–H groups in total. The van der Waals surface area contributed by atoms with Gasteiger partial charge in [0.25, 0.3) is 0 Å². The summed E-state index contributed by atoms with van der Waals surface area (Å²) in [6, 6.07) is 7.95. The average molecular weight is 303 g/mol. The van der Waals surface area contributed by atoms with Crippen LogP contribution in [0, 0.1) is 0 Å². The Labute approximate surface area is 129 Å². The molecule has 1 aromatic carbocycles. The zero-order valence-electron chi connectivity index (χ0n) is 11.9. The second kappa shape index (κ2) is 5.35. The molecular weight excluding hydrogens is 284 g/mol. The smallest absolute Gasteiger partial charge is 0.0793 e. The highest BCUT2D eigenvalue weighted by atomic mass is 35.5. The Kier molecular flexibility index (Phi) is 3.36. The first kappa shape index (κ1) is 13.2. The second-order valence-electron chi connectivity index (χ2n) is 5.81. The van der Waals surface area contributed by atoms with Crippen LogP contribution in [-0.2, 0) is 0 Å². The summed E-state index contributed by atoms with van der Waals surface area (Å²) < 4.78 is 2.10. The summed E-state index contributed by atoms with van der Waals surface area (Å²) in [7, 11) is 0. The lowest BCUT2D eigenvalue weighted by molar-refractivity contribution is 0.587. The van der Waals surface area contributed by atoms with Crippen LogP contribution in [0.4, 0.5) is 5.69 Å². The molecule has 1 saturated carbocycles. The number of aromatic nitrogens is 2. The van der Waals surface area contributed by atoms with E-state index in [0.717, 1.165) is 36.9 Å². The van der Waals surface area contributed by atoms with Gasteiger partial charge in [-0.3, -0.25) is 0 Å². The lowest BCUT2D eigenvalue weighted by Crippen LogP contribution is -2.43. The summed E-state index contributed by atoms with van der Waals surface area (Å²) in [5.41, 5.74) is 3.79. The van der Waals surface area contributed by atoms with E-state index in [9.17, 15) is 0 Å². The van der Waals surface area contributed by atoms with E-state index in [1.54, 1.807) is 0 Å². The summed E-state index contributed by atoms with van der Waals surface area (Å²) in [5.74, 6) is 0.660. The third-order valence-electron chi connectivity index (χ3n) is 4.28. The van der Waals surface area contributed by atoms with Gasteiger partial charge < -0.3 is 10.2 Å². The third kappa shape index (κ3) is 2.54. The molecule has 21 heavy (non-hydrogen) atoms. The summed E-state index contributed by atoms with van der Waals surface area (Å²) >= 11 is 6.00. The Morgan fingerprint density at radius 3 is 2.48 bits per heavy atom. The van der Waals surface area contributed by atoms with Gasteiger partial charge >= 0.3 is 0 Å². The molecule has 0 spiro atoms. The fraction of sp³-hybridized carbons (Fsp3) is 0.438. The first-order valence-electron chi connectivity index (χ1n) is 7.62. The molecule has 0 atom stereocenters. The number of anilines is 1. The van der Waals surface area contributed by atoms with E-state index in [-0.39, 0.29) is 0 Å². The number of halogens is 1. The SMILES string of the molecule is Clc1ccc(-n2ncc(N3CCNCC3)c2C2CC2)cc1. The molecule has 2 aliphatic rings. The highest BCUT2D eigenvalue weighted by molar-refractivity contribution is 6.30. The predicted molar refractivity (Wildman–Crippen MR) is 85.6 cm³/mol. The van der Waals surface area contributed by atoms with Crippen molar-refractivity contribution in [2.45, 2.75) is 18.8 Å². The topological polar surface area (TPSA) is 33.1 Å². The largest absolute Gasteiger partial charge is 0.366 e. The summed E-state index contributed by atoms with van der Waals surface area (Å²) in [6.45, 7) is 4.23. The van der Waals surface area contributed by atoms with Crippen molar-refractivity contribution in [1.82, 2.24) is 15.1 Å². The minimum absolute atomic E-state index is 0.660. The fourth-order valence-corrected chi connectivity index (χ4v) is 3.15. The fourth-order valence-electron chi connectivity index (χ4n) is 3.03. The molecule has 4 rings (SSSR count). The van der Waals surface area contributed by atoms with Gasteiger partial charge in [-0.15, -0.1) is 0 Å².